The monoisotopic (exact) mass is 344 g/mol. The molecule has 0 atom stereocenters. The van der Waals surface area contributed by atoms with Crippen LogP contribution in [0.15, 0.2) is 59.8 Å². The summed E-state index contributed by atoms with van der Waals surface area (Å²) < 4.78 is 1.51. The molecule has 0 N–H and O–H groups in total. The standard InChI is InChI=1S/C19H16N6O/c20-9-15-3-2-8-22-19(15)24-11-14(12-24)13-25-18(26)6-5-17(23-25)16-4-1-7-21-10-16/h1-8,10,14H,11-13H2. The van der Waals surface area contributed by atoms with Gasteiger partial charge < -0.3 is 4.90 Å². The third kappa shape index (κ3) is 3.05. The van der Waals surface area contributed by atoms with E-state index in [9.17, 15) is 10.1 Å². The van der Waals surface area contributed by atoms with E-state index in [-0.39, 0.29) is 11.5 Å². The number of hydrogen-bond donors (Lipinski definition) is 0. The minimum absolute atomic E-state index is 0.119. The fourth-order valence-electron chi connectivity index (χ4n) is 3.09. The van der Waals surface area contributed by atoms with Gasteiger partial charge in [-0.3, -0.25) is 9.78 Å². The molecule has 0 bridgehead atoms. The van der Waals surface area contributed by atoms with Gasteiger partial charge in [-0.25, -0.2) is 9.67 Å². The summed E-state index contributed by atoms with van der Waals surface area (Å²) in [6, 6.07) is 12.7. The highest BCUT2D eigenvalue weighted by molar-refractivity contribution is 5.56. The molecule has 1 saturated heterocycles. The highest BCUT2D eigenvalue weighted by atomic mass is 16.1. The number of aromatic nitrogens is 4. The lowest BCUT2D eigenvalue weighted by molar-refractivity contribution is 0.333. The van der Waals surface area contributed by atoms with Crippen LogP contribution >= 0.6 is 0 Å². The topological polar surface area (TPSA) is 87.7 Å². The van der Waals surface area contributed by atoms with Crippen molar-refractivity contribution in [2.45, 2.75) is 6.54 Å². The summed E-state index contributed by atoms with van der Waals surface area (Å²) in [5.41, 5.74) is 2.06. The van der Waals surface area contributed by atoms with E-state index in [4.69, 9.17) is 0 Å². The van der Waals surface area contributed by atoms with Crippen LogP contribution in [0.5, 0.6) is 0 Å². The second-order valence-corrected chi connectivity index (χ2v) is 6.24. The van der Waals surface area contributed by atoms with Crippen LogP contribution in [-0.4, -0.2) is 32.8 Å². The first kappa shape index (κ1) is 16.0. The Kier molecular flexibility index (Phi) is 4.15. The van der Waals surface area contributed by atoms with E-state index in [2.05, 4.69) is 26.0 Å². The van der Waals surface area contributed by atoms with Crippen LogP contribution in [0.2, 0.25) is 0 Å². The van der Waals surface area contributed by atoms with Gasteiger partial charge in [0, 0.05) is 49.2 Å². The van der Waals surface area contributed by atoms with Crippen molar-refractivity contribution >= 4 is 5.82 Å². The van der Waals surface area contributed by atoms with Crippen molar-refractivity contribution in [1.82, 2.24) is 19.7 Å². The molecule has 7 nitrogen and oxygen atoms in total. The predicted molar refractivity (Wildman–Crippen MR) is 96.4 cm³/mol. The first-order chi connectivity index (χ1) is 12.7. The number of nitriles is 1. The van der Waals surface area contributed by atoms with Crippen molar-refractivity contribution in [3.8, 4) is 17.3 Å². The number of nitrogens with zero attached hydrogens (tertiary/aromatic N) is 6. The van der Waals surface area contributed by atoms with E-state index in [0.717, 1.165) is 24.3 Å². The smallest absolute Gasteiger partial charge is 0.266 e. The molecule has 0 amide bonds. The first-order valence-corrected chi connectivity index (χ1v) is 8.33. The van der Waals surface area contributed by atoms with Gasteiger partial charge >= 0.3 is 0 Å². The van der Waals surface area contributed by atoms with Gasteiger partial charge in [0.05, 0.1) is 17.8 Å². The molecule has 128 valence electrons. The molecule has 3 aromatic rings. The minimum atomic E-state index is -0.119. The molecule has 26 heavy (non-hydrogen) atoms. The van der Waals surface area contributed by atoms with E-state index in [1.807, 2.05) is 12.1 Å². The van der Waals surface area contributed by atoms with E-state index in [1.165, 1.54) is 10.7 Å². The van der Waals surface area contributed by atoms with Crippen molar-refractivity contribution in [1.29, 1.82) is 5.26 Å². The van der Waals surface area contributed by atoms with E-state index < -0.39 is 0 Å². The minimum Gasteiger partial charge on any atom is -0.355 e. The van der Waals surface area contributed by atoms with Gasteiger partial charge in [-0.2, -0.15) is 10.4 Å². The van der Waals surface area contributed by atoms with Crippen molar-refractivity contribution in [2.75, 3.05) is 18.0 Å². The largest absolute Gasteiger partial charge is 0.355 e. The van der Waals surface area contributed by atoms with E-state index >= 15 is 0 Å². The van der Waals surface area contributed by atoms with Gasteiger partial charge in [-0.05, 0) is 30.3 Å². The highest BCUT2D eigenvalue weighted by Gasteiger charge is 2.30. The Morgan fingerprint density at radius 3 is 2.77 bits per heavy atom. The van der Waals surface area contributed by atoms with Crippen LogP contribution in [0, 0.1) is 17.2 Å². The molecule has 4 rings (SSSR count). The quantitative estimate of drug-likeness (QED) is 0.716. The van der Waals surface area contributed by atoms with Crippen LogP contribution < -0.4 is 10.5 Å². The number of anilines is 1. The van der Waals surface area contributed by atoms with Gasteiger partial charge in [0.25, 0.3) is 5.56 Å². The zero-order valence-electron chi connectivity index (χ0n) is 14.0. The van der Waals surface area contributed by atoms with Crippen LogP contribution in [0.3, 0.4) is 0 Å². The second kappa shape index (κ2) is 6.76. The molecule has 3 aromatic heterocycles. The molecule has 0 radical (unpaired) electrons. The Hall–Kier alpha value is -3.53. The van der Waals surface area contributed by atoms with E-state index in [1.54, 1.807) is 36.8 Å². The van der Waals surface area contributed by atoms with Gasteiger partial charge in [0.15, 0.2) is 0 Å². The molecular weight excluding hydrogens is 328 g/mol. The zero-order chi connectivity index (χ0) is 17.9. The Bertz CT molecular complexity index is 1020. The summed E-state index contributed by atoms with van der Waals surface area (Å²) in [6.07, 6.45) is 5.12. The molecule has 1 aliphatic rings. The third-order valence-electron chi connectivity index (χ3n) is 4.42. The average Bonchev–Trinajstić information content (AvgIpc) is 2.66. The predicted octanol–water partition coefficient (Wildman–Crippen LogP) is 1.71. The number of hydrogen-bond acceptors (Lipinski definition) is 6. The Balaban J connectivity index is 1.48. The van der Waals surface area contributed by atoms with Gasteiger partial charge in [-0.15, -0.1) is 0 Å². The molecule has 0 spiro atoms. The number of pyridine rings is 2. The molecule has 0 saturated carbocycles. The summed E-state index contributed by atoms with van der Waals surface area (Å²) in [5, 5.41) is 13.7. The van der Waals surface area contributed by atoms with Crippen molar-refractivity contribution in [3.63, 3.8) is 0 Å². The van der Waals surface area contributed by atoms with Crippen molar-refractivity contribution in [2.24, 2.45) is 5.92 Å². The lowest BCUT2D eigenvalue weighted by atomic mass is 9.99. The molecule has 4 heterocycles. The molecule has 0 aliphatic carbocycles. The SMILES string of the molecule is N#Cc1cccnc1N1CC(Cn2nc(-c3cccnc3)ccc2=O)C1. The van der Waals surface area contributed by atoms with Gasteiger partial charge in [0.2, 0.25) is 0 Å². The summed E-state index contributed by atoms with van der Waals surface area (Å²) in [4.78, 5) is 22.6. The maximum Gasteiger partial charge on any atom is 0.266 e. The fraction of sp³-hybridized carbons (Fsp3) is 0.211. The molecule has 7 heteroatoms. The summed E-state index contributed by atoms with van der Waals surface area (Å²) >= 11 is 0. The Morgan fingerprint density at radius 2 is 2.00 bits per heavy atom. The molecule has 0 aromatic carbocycles. The molecule has 1 fully saturated rings. The highest BCUT2D eigenvalue weighted by Crippen LogP contribution is 2.26. The van der Waals surface area contributed by atoms with Crippen LogP contribution in [0.25, 0.3) is 11.3 Å². The van der Waals surface area contributed by atoms with Crippen molar-refractivity contribution < 1.29 is 0 Å². The Labute approximate surface area is 150 Å². The van der Waals surface area contributed by atoms with Gasteiger partial charge in [-0.1, -0.05) is 0 Å². The van der Waals surface area contributed by atoms with Crippen LogP contribution in [-0.2, 0) is 6.54 Å². The Morgan fingerprint density at radius 1 is 1.15 bits per heavy atom. The molecule has 1 aliphatic heterocycles. The van der Waals surface area contributed by atoms with Crippen molar-refractivity contribution in [3.05, 3.63) is 70.9 Å². The first-order valence-electron chi connectivity index (χ1n) is 8.33. The zero-order valence-corrected chi connectivity index (χ0v) is 14.0. The maximum absolute atomic E-state index is 12.1. The number of rotatable bonds is 4. The van der Waals surface area contributed by atoms with Crippen LogP contribution in [0.1, 0.15) is 5.56 Å². The normalized spacial score (nSPS) is 13.9. The molecule has 0 unspecified atom stereocenters. The second-order valence-electron chi connectivity index (χ2n) is 6.24. The third-order valence-corrected chi connectivity index (χ3v) is 4.42. The summed E-state index contributed by atoms with van der Waals surface area (Å²) in [5.74, 6) is 0.994. The summed E-state index contributed by atoms with van der Waals surface area (Å²) in [7, 11) is 0. The van der Waals surface area contributed by atoms with Crippen LogP contribution in [0.4, 0.5) is 5.82 Å². The molecular formula is C19H16N6O. The van der Waals surface area contributed by atoms with E-state index in [0.29, 0.717) is 17.9 Å². The fourth-order valence-corrected chi connectivity index (χ4v) is 3.09. The average molecular weight is 344 g/mol. The summed E-state index contributed by atoms with van der Waals surface area (Å²) in [6.45, 7) is 2.03. The lowest BCUT2D eigenvalue weighted by Crippen LogP contribution is -2.50. The van der Waals surface area contributed by atoms with Gasteiger partial charge in [0.1, 0.15) is 11.9 Å². The maximum atomic E-state index is 12.1. The lowest BCUT2D eigenvalue weighted by Gasteiger charge is -2.40.